The number of sulfone groups is 1. The quantitative estimate of drug-likeness (QED) is 0.885. The number of carbonyl (C=O) groups is 1. The zero-order valence-corrected chi connectivity index (χ0v) is 13.0. The molecule has 1 saturated heterocycles. The summed E-state index contributed by atoms with van der Waals surface area (Å²) in [7, 11) is -1.44. The SMILES string of the molecule is CN(C(=O)CCNc1ccc(F)c(F)c1)C1CCS(=O)(=O)C1. The van der Waals surface area contributed by atoms with Crippen LogP contribution in [-0.2, 0) is 14.6 Å². The second-order valence-electron chi connectivity index (χ2n) is 5.37. The van der Waals surface area contributed by atoms with E-state index in [2.05, 4.69) is 5.32 Å². The lowest BCUT2D eigenvalue weighted by Gasteiger charge is -2.23. The van der Waals surface area contributed by atoms with E-state index in [1.54, 1.807) is 7.05 Å². The highest BCUT2D eigenvalue weighted by Gasteiger charge is 2.32. The van der Waals surface area contributed by atoms with Crippen LogP contribution in [-0.4, -0.2) is 50.4 Å². The lowest BCUT2D eigenvalue weighted by molar-refractivity contribution is -0.131. The predicted octanol–water partition coefficient (Wildman–Crippen LogP) is 1.41. The van der Waals surface area contributed by atoms with Gasteiger partial charge in [0, 0.05) is 31.7 Å². The van der Waals surface area contributed by atoms with E-state index in [1.165, 1.54) is 11.0 Å². The molecule has 1 atom stereocenters. The molecule has 1 aromatic carbocycles. The van der Waals surface area contributed by atoms with Gasteiger partial charge in [-0.1, -0.05) is 0 Å². The summed E-state index contributed by atoms with van der Waals surface area (Å²) in [6.45, 7) is 0.258. The first-order valence-electron chi connectivity index (χ1n) is 6.93. The minimum Gasteiger partial charge on any atom is -0.384 e. The van der Waals surface area contributed by atoms with Crippen LogP contribution in [0, 0.1) is 11.6 Å². The Hall–Kier alpha value is -1.70. The van der Waals surface area contributed by atoms with Crippen molar-refractivity contribution in [3.63, 3.8) is 0 Å². The van der Waals surface area contributed by atoms with Crippen molar-refractivity contribution in [1.29, 1.82) is 0 Å². The van der Waals surface area contributed by atoms with E-state index in [4.69, 9.17) is 0 Å². The van der Waals surface area contributed by atoms with E-state index in [1.807, 2.05) is 0 Å². The molecule has 1 N–H and O–H groups in total. The van der Waals surface area contributed by atoms with Crippen LogP contribution in [0.5, 0.6) is 0 Å². The maximum atomic E-state index is 13.0. The van der Waals surface area contributed by atoms with Crippen molar-refractivity contribution in [1.82, 2.24) is 4.90 Å². The maximum Gasteiger partial charge on any atom is 0.224 e. The average molecular weight is 332 g/mol. The number of nitrogens with zero attached hydrogens (tertiary/aromatic N) is 1. The number of nitrogens with one attached hydrogen (secondary N) is 1. The number of hydrogen-bond acceptors (Lipinski definition) is 4. The van der Waals surface area contributed by atoms with Crippen molar-refractivity contribution in [3.8, 4) is 0 Å². The first kappa shape index (κ1) is 16.7. The molecule has 0 aliphatic carbocycles. The van der Waals surface area contributed by atoms with Crippen molar-refractivity contribution in [2.45, 2.75) is 18.9 Å². The molecule has 1 fully saturated rings. The standard InChI is InChI=1S/C14H18F2N2O3S/c1-18(11-5-7-22(20,21)9-11)14(19)4-6-17-10-2-3-12(15)13(16)8-10/h2-3,8,11,17H,4-7,9H2,1H3. The number of anilines is 1. The summed E-state index contributed by atoms with van der Waals surface area (Å²) >= 11 is 0. The van der Waals surface area contributed by atoms with Gasteiger partial charge in [0.15, 0.2) is 21.5 Å². The van der Waals surface area contributed by atoms with Crippen LogP contribution in [0.3, 0.4) is 0 Å². The molecule has 1 amide bonds. The van der Waals surface area contributed by atoms with Crippen molar-refractivity contribution in [2.75, 3.05) is 30.4 Å². The normalized spacial score (nSPS) is 19.9. The zero-order valence-electron chi connectivity index (χ0n) is 12.2. The summed E-state index contributed by atoms with van der Waals surface area (Å²) in [5, 5.41) is 2.83. The molecule has 5 nitrogen and oxygen atoms in total. The molecular weight excluding hydrogens is 314 g/mol. The van der Waals surface area contributed by atoms with Crippen LogP contribution in [0.1, 0.15) is 12.8 Å². The van der Waals surface area contributed by atoms with Gasteiger partial charge in [0.1, 0.15) is 0 Å². The van der Waals surface area contributed by atoms with Crippen LogP contribution >= 0.6 is 0 Å². The van der Waals surface area contributed by atoms with E-state index in [-0.39, 0.29) is 36.4 Å². The Kier molecular flexibility index (Phi) is 5.00. The Labute approximate surface area is 128 Å². The van der Waals surface area contributed by atoms with Gasteiger partial charge < -0.3 is 10.2 Å². The van der Waals surface area contributed by atoms with Gasteiger partial charge in [-0.15, -0.1) is 0 Å². The third-order valence-electron chi connectivity index (χ3n) is 3.74. The number of carbonyl (C=O) groups excluding carboxylic acids is 1. The molecule has 0 bridgehead atoms. The summed E-state index contributed by atoms with van der Waals surface area (Å²) in [6, 6.07) is 3.14. The molecule has 8 heteroatoms. The third kappa shape index (κ3) is 4.16. The molecule has 0 spiro atoms. The van der Waals surface area contributed by atoms with E-state index >= 15 is 0 Å². The van der Waals surface area contributed by atoms with Crippen LogP contribution in [0.15, 0.2) is 18.2 Å². The summed E-state index contributed by atoms with van der Waals surface area (Å²) in [5.41, 5.74) is 0.387. The zero-order chi connectivity index (χ0) is 16.3. The molecule has 22 heavy (non-hydrogen) atoms. The molecule has 0 radical (unpaired) electrons. The molecule has 0 saturated carbocycles. The fraction of sp³-hybridized carbons (Fsp3) is 0.500. The van der Waals surface area contributed by atoms with Crippen LogP contribution < -0.4 is 5.32 Å². The van der Waals surface area contributed by atoms with Crippen molar-refractivity contribution in [2.24, 2.45) is 0 Å². The molecule has 1 aliphatic rings. The molecule has 1 aromatic rings. The van der Waals surface area contributed by atoms with Gasteiger partial charge in [-0.2, -0.15) is 0 Å². The molecule has 2 rings (SSSR count). The average Bonchev–Trinajstić information content (AvgIpc) is 2.82. The second-order valence-corrected chi connectivity index (χ2v) is 7.60. The predicted molar refractivity (Wildman–Crippen MR) is 79.3 cm³/mol. The van der Waals surface area contributed by atoms with Gasteiger partial charge in [0.05, 0.1) is 11.5 Å². The summed E-state index contributed by atoms with van der Waals surface area (Å²) in [4.78, 5) is 13.5. The number of halogens is 2. The Bertz CT molecular complexity index is 664. The van der Waals surface area contributed by atoms with Gasteiger partial charge in [-0.3, -0.25) is 4.79 Å². The van der Waals surface area contributed by atoms with Crippen molar-refractivity contribution in [3.05, 3.63) is 29.8 Å². The molecule has 1 heterocycles. The van der Waals surface area contributed by atoms with E-state index in [0.717, 1.165) is 12.1 Å². The van der Waals surface area contributed by atoms with Gasteiger partial charge in [-0.25, -0.2) is 17.2 Å². The summed E-state index contributed by atoms with van der Waals surface area (Å²) < 4.78 is 48.6. The molecule has 1 unspecified atom stereocenters. The van der Waals surface area contributed by atoms with Gasteiger partial charge in [-0.05, 0) is 24.6 Å². The largest absolute Gasteiger partial charge is 0.384 e. The topological polar surface area (TPSA) is 66.5 Å². The Balaban J connectivity index is 1.81. The minimum absolute atomic E-state index is 0.00580. The van der Waals surface area contributed by atoms with E-state index < -0.39 is 21.5 Å². The highest BCUT2D eigenvalue weighted by atomic mass is 32.2. The van der Waals surface area contributed by atoms with Crippen LogP contribution in [0.2, 0.25) is 0 Å². The first-order chi connectivity index (χ1) is 10.3. The highest BCUT2D eigenvalue weighted by Crippen LogP contribution is 2.17. The number of benzene rings is 1. The molecule has 122 valence electrons. The van der Waals surface area contributed by atoms with Gasteiger partial charge >= 0.3 is 0 Å². The Morgan fingerprint density at radius 1 is 1.36 bits per heavy atom. The summed E-state index contributed by atoms with van der Waals surface area (Å²) in [6.07, 6.45) is 0.604. The lowest BCUT2D eigenvalue weighted by atomic mass is 10.2. The number of rotatable bonds is 5. The van der Waals surface area contributed by atoms with Crippen LogP contribution in [0.25, 0.3) is 0 Å². The molecular formula is C14H18F2N2O3S. The highest BCUT2D eigenvalue weighted by molar-refractivity contribution is 7.91. The van der Waals surface area contributed by atoms with Crippen LogP contribution in [0.4, 0.5) is 14.5 Å². The van der Waals surface area contributed by atoms with Crippen molar-refractivity contribution >= 4 is 21.4 Å². The first-order valence-corrected chi connectivity index (χ1v) is 8.75. The smallest absolute Gasteiger partial charge is 0.224 e. The molecule has 0 aromatic heterocycles. The molecule has 1 aliphatic heterocycles. The minimum atomic E-state index is -3.03. The number of amides is 1. The monoisotopic (exact) mass is 332 g/mol. The fourth-order valence-electron chi connectivity index (χ4n) is 2.38. The van der Waals surface area contributed by atoms with E-state index in [0.29, 0.717) is 12.1 Å². The van der Waals surface area contributed by atoms with Gasteiger partial charge in [0.25, 0.3) is 0 Å². The Morgan fingerprint density at radius 3 is 2.68 bits per heavy atom. The Morgan fingerprint density at radius 2 is 2.09 bits per heavy atom. The maximum absolute atomic E-state index is 13.0. The second kappa shape index (κ2) is 6.60. The third-order valence-corrected chi connectivity index (χ3v) is 5.49. The lowest BCUT2D eigenvalue weighted by Crippen LogP contribution is -2.38. The van der Waals surface area contributed by atoms with Crippen molar-refractivity contribution < 1.29 is 22.0 Å². The fourth-order valence-corrected chi connectivity index (χ4v) is 4.16. The number of hydrogen-bond donors (Lipinski definition) is 1. The van der Waals surface area contributed by atoms with Gasteiger partial charge in [0.2, 0.25) is 5.91 Å². The van der Waals surface area contributed by atoms with E-state index in [9.17, 15) is 22.0 Å². The summed E-state index contributed by atoms with van der Waals surface area (Å²) in [5.74, 6) is -1.94.